The highest BCUT2D eigenvalue weighted by Gasteiger charge is 2.32. The highest BCUT2D eigenvalue weighted by molar-refractivity contribution is 7.92. The normalized spacial score (nSPS) is 11.9. The van der Waals surface area contributed by atoms with Crippen molar-refractivity contribution in [3.8, 4) is 5.75 Å². The van der Waals surface area contributed by atoms with Gasteiger partial charge < -0.3 is 15.0 Å². The summed E-state index contributed by atoms with van der Waals surface area (Å²) in [4.78, 5) is 28.4. The van der Waals surface area contributed by atoms with E-state index in [1.807, 2.05) is 26.0 Å². The summed E-state index contributed by atoms with van der Waals surface area (Å²) in [5.41, 5.74) is 2.06. The molecule has 39 heavy (non-hydrogen) atoms. The fourth-order valence-corrected chi connectivity index (χ4v) is 5.42. The molecule has 0 aliphatic rings. The van der Waals surface area contributed by atoms with E-state index in [0.29, 0.717) is 18.0 Å². The van der Waals surface area contributed by atoms with Crippen molar-refractivity contribution < 1.29 is 22.7 Å². The molecule has 0 spiro atoms. The number of carbonyl (C=O) groups is 2. The monoisotopic (exact) mass is 551 g/mol. The molecule has 3 rings (SSSR count). The van der Waals surface area contributed by atoms with Crippen molar-refractivity contribution >= 4 is 27.5 Å². The molecule has 1 unspecified atom stereocenters. The SMILES string of the molecule is CCCCNC(=O)C(C)N(Cc1ccc(OC)cc1)C(=O)CN(c1ccccc1)S(=O)(=O)c1ccc(C)cc1. The van der Waals surface area contributed by atoms with Crippen molar-refractivity contribution in [3.63, 3.8) is 0 Å². The van der Waals surface area contributed by atoms with Crippen molar-refractivity contribution in [1.29, 1.82) is 0 Å². The average Bonchev–Trinajstić information content (AvgIpc) is 2.95. The largest absolute Gasteiger partial charge is 0.497 e. The first kappa shape index (κ1) is 29.7. The molecule has 3 aromatic carbocycles. The van der Waals surface area contributed by atoms with Crippen LogP contribution in [0.15, 0.2) is 83.8 Å². The van der Waals surface area contributed by atoms with Crippen molar-refractivity contribution in [1.82, 2.24) is 10.2 Å². The van der Waals surface area contributed by atoms with Crippen LogP contribution in [-0.4, -0.2) is 51.4 Å². The molecule has 0 aromatic heterocycles. The number of para-hydroxylation sites is 1. The van der Waals surface area contributed by atoms with Gasteiger partial charge in [-0.25, -0.2) is 8.42 Å². The fraction of sp³-hybridized carbons (Fsp3) is 0.333. The zero-order chi connectivity index (χ0) is 28.4. The highest BCUT2D eigenvalue weighted by atomic mass is 32.2. The third-order valence-electron chi connectivity index (χ3n) is 6.44. The van der Waals surface area contributed by atoms with Crippen LogP contribution in [0.2, 0.25) is 0 Å². The molecule has 1 atom stereocenters. The molecular weight excluding hydrogens is 514 g/mol. The van der Waals surface area contributed by atoms with Gasteiger partial charge in [0.05, 0.1) is 17.7 Å². The number of rotatable bonds is 13. The van der Waals surface area contributed by atoms with Gasteiger partial charge >= 0.3 is 0 Å². The van der Waals surface area contributed by atoms with Crippen molar-refractivity contribution in [2.75, 3.05) is 24.5 Å². The minimum atomic E-state index is -4.08. The second-order valence-corrected chi connectivity index (χ2v) is 11.2. The van der Waals surface area contributed by atoms with E-state index in [1.54, 1.807) is 68.6 Å². The Hall–Kier alpha value is -3.85. The van der Waals surface area contributed by atoms with Crippen LogP contribution in [0.25, 0.3) is 0 Å². The van der Waals surface area contributed by atoms with Gasteiger partial charge in [-0.2, -0.15) is 0 Å². The van der Waals surface area contributed by atoms with Crippen molar-refractivity contribution in [2.45, 2.75) is 51.1 Å². The Morgan fingerprint density at radius 1 is 0.949 bits per heavy atom. The Labute approximate surface area is 231 Å². The predicted octanol–water partition coefficient (Wildman–Crippen LogP) is 4.53. The molecule has 0 heterocycles. The Balaban J connectivity index is 1.96. The van der Waals surface area contributed by atoms with E-state index < -0.39 is 28.5 Å². The van der Waals surface area contributed by atoms with Gasteiger partial charge in [-0.15, -0.1) is 0 Å². The predicted molar refractivity (Wildman–Crippen MR) is 153 cm³/mol. The molecule has 0 bridgehead atoms. The second kappa shape index (κ2) is 13.8. The number of unbranched alkanes of at least 4 members (excludes halogenated alkanes) is 1. The third kappa shape index (κ3) is 7.83. The second-order valence-electron chi connectivity index (χ2n) is 9.35. The van der Waals surface area contributed by atoms with Crippen molar-refractivity contribution in [2.24, 2.45) is 0 Å². The van der Waals surface area contributed by atoms with Gasteiger partial charge in [0.25, 0.3) is 10.0 Å². The minimum absolute atomic E-state index is 0.0804. The number of amides is 2. The first-order valence-electron chi connectivity index (χ1n) is 13.0. The molecule has 0 aliphatic heterocycles. The standard InChI is InChI=1S/C30H37N3O5S/c1-5-6-20-31-30(35)24(3)32(21-25-14-16-27(38-4)17-15-25)29(34)22-33(26-10-8-7-9-11-26)39(36,37)28-18-12-23(2)13-19-28/h7-19,24H,5-6,20-22H2,1-4H3,(H,31,35). The molecular formula is C30H37N3O5S. The average molecular weight is 552 g/mol. The first-order chi connectivity index (χ1) is 18.7. The summed E-state index contributed by atoms with van der Waals surface area (Å²) in [6, 6.07) is 21.4. The number of benzene rings is 3. The molecule has 0 radical (unpaired) electrons. The maximum atomic E-state index is 13.9. The highest BCUT2D eigenvalue weighted by Crippen LogP contribution is 2.25. The number of hydrogen-bond acceptors (Lipinski definition) is 5. The van der Waals surface area contributed by atoms with Crippen molar-refractivity contribution in [3.05, 3.63) is 90.0 Å². The van der Waals surface area contributed by atoms with E-state index in [-0.39, 0.29) is 17.3 Å². The maximum absolute atomic E-state index is 13.9. The van der Waals surface area contributed by atoms with Crippen LogP contribution in [0, 0.1) is 6.92 Å². The number of hydrogen-bond donors (Lipinski definition) is 1. The third-order valence-corrected chi connectivity index (χ3v) is 8.23. The first-order valence-corrected chi connectivity index (χ1v) is 14.5. The molecule has 3 aromatic rings. The number of nitrogens with zero attached hydrogens (tertiary/aromatic N) is 2. The van der Waals surface area contributed by atoms with E-state index in [0.717, 1.165) is 28.3 Å². The summed E-state index contributed by atoms with van der Waals surface area (Å²) < 4.78 is 33.9. The number of sulfonamides is 1. The molecule has 1 N–H and O–H groups in total. The van der Waals surface area contributed by atoms with Crippen LogP contribution in [0.4, 0.5) is 5.69 Å². The lowest BCUT2D eigenvalue weighted by molar-refractivity contribution is -0.139. The lowest BCUT2D eigenvalue weighted by Crippen LogP contribution is -2.51. The van der Waals surface area contributed by atoms with Crippen LogP contribution >= 0.6 is 0 Å². The molecule has 2 amide bonds. The fourth-order valence-electron chi connectivity index (χ4n) is 4.01. The molecule has 0 fully saturated rings. The number of nitrogens with one attached hydrogen (secondary N) is 1. The summed E-state index contributed by atoms with van der Waals surface area (Å²) in [5.74, 6) is -0.122. The van der Waals surface area contributed by atoms with Crippen LogP contribution in [-0.2, 0) is 26.2 Å². The van der Waals surface area contributed by atoms with Gasteiger partial charge in [-0.1, -0.05) is 61.4 Å². The Bertz CT molecular complexity index is 1330. The Morgan fingerprint density at radius 2 is 1.59 bits per heavy atom. The molecule has 8 nitrogen and oxygen atoms in total. The van der Waals surface area contributed by atoms with Crippen LogP contribution in [0.3, 0.4) is 0 Å². The lowest BCUT2D eigenvalue weighted by Gasteiger charge is -2.32. The van der Waals surface area contributed by atoms with Gasteiger partial charge in [0, 0.05) is 13.1 Å². The number of carbonyl (C=O) groups excluding carboxylic acids is 2. The van der Waals surface area contributed by atoms with Crippen LogP contribution in [0.1, 0.15) is 37.8 Å². The molecule has 0 aliphatic carbocycles. The lowest BCUT2D eigenvalue weighted by atomic mass is 10.1. The van der Waals surface area contributed by atoms with E-state index in [4.69, 9.17) is 4.74 Å². The maximum Gasteiger partial charge on any atom is 0.264 e. The van der Waals surface area contributed by atoms with Crippen LogP contribution in [0.5, 0.6) is 5.75 Å². The van der Waals surface area contributed by atoms with Gasteiger partial charge in [-0.3, -0.25) is 13.9 Å². The summed E-state index contributed by atoms with van der Waals surface area (Å²) >= 11 is 0. The minimum Gasteiger partial charge on any atom is -0.497 e. The number of aryl methyl sites for hydroxylation is 1. The van der Waals surface area contributed by atoms with Crippen LogP contribution < -0.4 is 14.4 Å². The van der Waals surface area contributed by atoms with E-state index in [1.165, 1.54) is 17.0 Å². The summed E-state index contributed by atoms with van der Waals surface area (Å²) in [6.07, 6.45) is 1.74. The Kier molecular flexibility index (Phi) is 10.5. The quantitative estimate of drug-likeness (QED) is 0.315. The number of anilines is 1. The molecule has 0 saturated carbocycles. The molecule has 0 saturated heterocycles. The topological polar surface area (TPSA) is 96.0 Å². The smallest absolute Gasteiger partial charge is 0.264 e. The van der Waals surface area contributed by atoms with E-state index >= 15 is 0 Å². The molecule has 9 heteroatoms. The van der Waals surface area contributed by atoms with Gasteiger partial charge in [0.1, 0.15) is 18.3 Å². The summed E-state index contributed by atoms with van der Waals surface area (Å²) in [6.45, 7) is 5.72. The number of methoxy groups -OCH3 is 1. The zero-order valence-corrected chi connectivity index (χ0v) is 23.8. The van der Waals surface area contributed by atoms with Gasteiger partial charge in [0.15, 0.2) is 0 Å². The van der Waals surface area contributed by atoms with Gasteiger partial charge in [-0.05, 0) is 62.2 Å². The number of ether oxygens (including phenoxy) is 1. The van der Waals surface area contributed by atoms with E-state index in [9.17, 15) is 18.0 Å². The Morgan fingerprint density at radius 3 is 2.18 bits per heavy atom. The van der Waals surface area contributed by atoms with E-state index in [2.05, 4.69) is 5.32 Å². The summed E-state index contributed by atoms with van der Waals surface area (Å²) in [7, 11) is -2.51. The zero-order valence-electron chi connectivity index (χ0n) is 23.0. The molecule has 208 valence electrons. The summed E-state index contributed by atoms with van der Waals surface area (Å²) in [5, 5.41) is 2.88. The van der Waals surface area contributed by atoms with Gasteiger partial charge in [0.2, 0.25) is 11.8 Å².